The molecule has 1 aromatic carbocycles. The van der Waals surface area contributed by atoms with Crippen molar-refractivity contribution in [1.29, 1.82) is 0 Å². The van der Waals surface area contributed by atoms with Crippen molar-refractivity contribution in [1.82, 2.24) is 19.7 Å². The molecule has 0 saturated carbocycles. The molecule has 2 heterocycles. The molecule has 0 amide bonds. The summed E-state index contributed by atoms with van der Waals surface area (Å²) in [6.07, 6.45) is 1.76. The molecule has 1 aliphatic heterocycles. The maximum Gasteiger partial charge on any atom is 0.147 e. The SMILES string of the molecule is NC(CO)(CN1CCn2cnnc2C1)c1ccccc1. The Kier molecular flexibility index (Phi) is 3.52. The standard InChI is InChI=1S/C14H19N5O/c15-14(10-20,12-4-2-1-3-5-12)9-18-6-7-19-11-16-17-13(19)8-18/h1-5,11,20H,6-10,15H2. The van der Waals surface area contributed by atoms with Gasteiger partial charge in [-0.25, -0.2) is 0 Å². The van der Waals surface area contributed by atoms with Gasteiger partial charge >= 0.3 is 0 Å². The molecule has 1 aliphatic rings. The number of aromatic nitrogens is 3. The Labute approximate surface area is 117 Å². The zero-order valence-corrected chi connectivity index (χ0v) is 11.3. The van der Waals surface area contributed by atoms with Crippen LogP contribution in [-0.2, 0) is 18.6 Å². The van der Waals surface area contributed by atoms with Crippen LogP contribution in [-0.4, -0.2) is 44.5 Å². The molecule has 1 atom stereocenters. The number of hydrogen-bond acceptors (Lipinski definition) is 5. The van der Waals surface area contributed by atoms with Crippen molar-refractivity contribution in [3.05, 3.63) is 48.0 Å². The molecular formula is C14H19N5O. The number of aliphatic hydroxyl groups excluding tert-OH is 1. The summed E-state index contributed by atoms with van der Waals surface area (Å²) in [7, 11) is 0. The third kappa shape index (κ3) is 2.45. The fraction of sp³-hybridized carbons (Fsp3) is 0.429. The Morgan fingerprint density at radius 3 is 2.80 bits per heavy atom. The number of benzene rings is 1. The van der Waals surface area contributed by atoms with Crippen molar-refractivity contribution in [2.75, 3.05) is 19.7 Å². The van der Waals surface area contributed by atoms with Crippen LogP contribution in [0.1, 0.15) is 11.4 Å². The second kappa shape index (κ2) is 5.32. The number of aliphatic hydroxyl groups is 1. The summed E-state index contributed by atoms with van der Waals surface area (Å²) < 4.78 is 2.05. The highest BCUT2D eigenvalue weighted by Crippen LogP contribution is 2.21. The lowest BCUT2D eigenvalue weighted by Gasteiger charge is -2.36. The summed E-state index contributed by atoms with van der Waals surface area (Å²) >= 11 is 0. The van der Waals surface area contributed by atoms with E-state index in [-0.39, 0.29) is 6.61 Å². The molecule has 0 spiro atoms. The van der Waals surface area contributed by atoms with Crippen LogP contribution in [0.4, 0.5) is 0 Å². The van der Waals surface area contributed by atoms with Gasteiger partial charge in [0.1, 0.15) is 12.2 Å². The molecule has 0 aliphatic carbocycles. The van der Waals surface area contributed by atoms with E-state index in [0.717, 1.165) is 24.5 Å². The van der Waals surface area contributed by atoms with E-state index in [1.165, 1.54) is 0 Å². The van der Waals surface area contributed by atoms with Crippen LogP contribution in [0.15, 0.2) is 36.7 Å². The van der Waals surface area contributed by atoms with Gasteiger partial charge in [-0.05, 0) is 5.56 Å². The van der Waals surface area contributed by atoms with E-state index in [1.54, 1.807) is 6.33 Å². The number of hydrogen-bond donors (Lipinski definition) is 2. The average Bonchev–Trinajstić information content (AvgIpc) is 2.95. The first kappa shape index (κ1) is 13.2. The third-order valence-electron chi connectivity index (χ3n) is 3.85. The Morgan fingerprint density at radius 1 is 1.25 bits per heavy atom. The average molecular weight is 273 g/mol. The first-order valence-electron chi connectivity index (χ1n) is 6.75. The summed E-state index contributed by atoms with van der Waals surface area (Å²) in [6, 6.07) is 9.76. The van der Waals surface area contributed by atoms with Crippen LogP contribution in [0.25, 0.3) is 0 Å². The van der Waals surface area contributed by atoms with E-state index in [1.807, 2.05) is 30.3 Å². The maximum absolute atomic E-state index is 9.74. The summed E-state index contributed by atoms with van der Waals surface area (Å²) in [4.78, 5) is 2.22. The molecule has 0 bridgehead atoms. The van der Waals surface area contributed by atoms with E-state index in [2.05, 4.69) is 19.7 Å². The van der Waals surface area contributed by atoms with Crippen LogP contribution in [0, 0.1) is 0 Å². The maximum atomic E-state index is 9.74. The minimum atomic E-state index is -0.747. The predicted octanol–water partition coefficient (Wildman–Crippen LogP) is -0.0598. The zero-order valence-electron chi connectivity index (χ0n) is 11.3. The van der Waals surface area contributed by atoms with Crippen molar-refractivity contribution in [2.24, 2.45) is 5.73 Å². The lowest BCUT2D eigenvalue weighted by atomic mass is 9.91. The minimum absolute atomic E-state index is 0.0831. The highest BCUT2D eigenvalue weighted by Gasteiger charge is 2.31. The summed E-state index contributed by atoms with van der Waals surface area (Å²) in [6.45, 7) is 2.97. The molecule has 6 heteroatoms. The third-order valence-corrected chi connectivity index (χ3v) is 3.85. The number of nitrogens with two attached hydrogens (primary N) is 1. The van der Waals surface area contributed by atoms with Gasteiger partial charge in [-0.1, -0.05) is 30.3 Å². The van der Waals surface area contributed by atoms with Crippen LogP contribution < -0.4 is 5.73 Å². The van der Waals surface area contributed by atoms with Gasteiger partial charge in [-0.3, -0.25) is 4.90 Å². The normalized spacial score (nSPS) is 18.5. The molecule has 0 fully saturated rings. The lowest BCUT2D eigenvalue weighted by Crippen LogP contribution is -2.51. The molecule has 1 unspecified atom stereocenters. The zero-order chi connectivity index (χ0) is 14.0. The Bertz CT molecular complexity index is 570. The topological polar surface area (TPSA) is 80.2 Å². The molecule has 0 radical (unpaired) electrons. The molecule has 6 nitrogen and oxygen atoms in total. The van der Waals surface area contributed by atoms with Crippen LogP contribution in [0.3, 0.4) is 0 Å². The fourth-order valence-corrected chi connectivity index (χ4v) is 2.65. The quantitative estimate of drug-likeness (QED) is 0.816. The molecule has 106 valence electrons. The van der Waals surface area contributed by atoms with Crippen molar-refractivity contribution in [3.63, 3.8) is 0 Å². The molecule has 20 heavy (non-hydrogen) atoms. The van der Waals surface area contributed by atoms with Crippen molar-refractivity contribution < 1.29 is 5.11 Å². The van der Waals surface area contributed by atoms with E-state index in [4.69, 9.17) is 5.73 Å². The number of nitrogens with zero attached hydrogens (tertiary/aromatic N) is 4. The second-order valence-corrected chi connectivity index (χ2v) is 5.33. The Hall–Kier alpha value is -1.76. The van der Waals surface area contributed by atoms with Crippen molar-refractivity contribution in [3.8, 4) is 0 Å². The molecule has 0 saturated heterocycles. The van der Waals surface area contributed by atoms with Gasteiger partial charge in [-0.2, -0.15) is 0 Å². The van der Waals surface area contributed by atoms with Gasteiger partial charge in [0.05, 0.1) is 18.7 Å². The molecule has 3 rings (SSSR count). The molecule has 1 aromatic heterocycles. The van der Waals surface area contributed by atoms with E-state index in [9.17, 15) is 5.11 Å². The van der Waals surface area contributed by atoms with Gasteiger partial charge < -0.3 is 15.4 Å². The Morgan fingerprint density at radius 2 is 2.05 bits per heavy atom. The van der Waals surface area contributed by atoms with Crippen LogP contribution >= 0.6 is 0 Å². The van der Waals surface area contributed by atoms with Crippen LogP contribution in [0.2, 0.25) is 0 Å². The van der Waals surface area contributed by atoms with Gasteiger partial charge in [0.25, 0.3) is 0 Å². The van der Waals surface area contributed by atoms with E-state index >= 15 is 0 Å². The van der Waals surface area contributed by atoms with Crippen molar-refractivity contribution >= 4 is 0 Å². The summed E-state index contributed by atoms with van der Waals surface area (Å²) in [5, 5.41) is 17.8. The highest BCUT2D eigenvalue weighted by molar-refractivity contribution is 5.24. The van der Waals surface area contributed by atoms with Gasteiger partial charge in [0.15, 0.2) is 0 Å². The van der Waals surface area contributed by atoms with Crippen LogP contribution in [0.5, 0.6) is 0 Å². The van der Waals surface area contributed by atoms with E-state index < -0.39 is 5.54 Å². The first-order valence-corrected chi connectivity index (χ1v) is 6.75. The van der Waals surface area contributed by atoms with Gasteiger partial charge in [0.2, 0.25) is 0 Å². The van der Waals surface area contributed by atoms with Gasteiger partial charge in [-0.15, -0.1) is 10.2 Å². The monoisotopic (exact) mass is 273 g/mol. The molecule has 3 N–H and O–H groups in total. The number of fused-ring (bicyclic) bond motifs is 1. The fourth-order valence-electron chi connectivity index (χ4n) is 2.65. The number of rotatable bonds is 4. The summed E-state index contributed by atoms with van der Waals surface area (Å²) in [5.41, 5.74) is 6.62. The molecular weight excluding hydrogens is 254 g/mol. The van der Waals surface area contributed by atoms with E-state index in [0.29, 0.717) is 13.1 Å². The smallest absolute Gasteiger partial charge is 0.147 e. The summed E-state index contributed by atoms with van der Waals surface area (Å²) in [5.74, 6) is 0.949. The van der Waals surface area contributed by atoms with Crippen molar-refractivity contribution in [2.45, 2.75) is 18.6 Å². The largest absolute Gasteiger partial charge is 0.394 e. The highest BCUT2D eigenvalue weighted by atomic mass is 16.3. The second-order valence-electron chi connectivity index (χ2n) is 5.33. The minimum Gasteiger partial charge on any atom is -0.394 e. The first-order chi connectivity index (χ1) is 9.71. The van der Waals surface area contributed by atoms with Gasteiger partial charge in [0, 0.05) is 19.6 Å². The lowest BCUT2D eigenvalue weighted by molar-refractivity contribution is 0.117. The molecule has 2 aromatic rings. The predicted molar refractivity (Wildman–Crippen MR) is 74.7 cm³/mol. The Balaban J connectivity index is 1.76.